The number of carbonyl (C=O) groups is 2. The molecule has 0 saturated heterocycles. The number of benzene rings is 2. The van der Waals surface area contributed by atoms with Crippen LogP contribution in [0.5, 0.6) is 0 Å². The fourth-order valence-electron chi connectivity index (χ4n) is 5.48. The van der Waals surface area contributed by atoms with E-state index in [1.807, 2.05) is 50.2 Å². The highest BCUT2D eigenvalue weighted by Gasteiger charge is 2.34. The molecule has 1 aliphatic carbocycles. The molecule has 1 aliphatic rings. The number of hydrogen-bond donors (Lipinski definition) is 1. The predicted molar refractivity (Wildman–Crippen MR) is 146 cm³/mol. The van der Waals surface area contributed by atoms with Crippen LogP contribution in [-0.4, -0.2) is 37.4 Å². The lowest BCUT2D eigenvalue weighted by Gasteiger charge is -2.32. The summed E-state index contributed by atoms with van der Waals surface area (Å²) in [6.45, 7) is 6.04. The van der Waals surface area contributed by atoms with Crippen molar-refractivity contribution in [1.82, 2.24) is 14.3 Å². The number of amides is 1. The van der Waals surface area contributed by atoms with Crippen molar-refractivity contribution in [3.05, 3.63) is 66.4 Å². The molecule has 2 aromatic heterocycles. The lowest BCUT2D eigenvalue weighted by Crippen LogP contribution is -2.43. The first-order valence-electron chi connectivity index (χ1n) is 13.1. The largest absolute Gasteiger partial charge is 0.477 e. The summed E-state index contributed by atoms with van der Waals surface area (Å²) in [4.78, 5) is 27.3. The molecular weight excluding hydrogens is 464 g/mol. The van der Waals surface area contributed by atoms with Gasteiger partial charge in [-0.25, -0.2) is 9.48 Å². The van der Waals surface area contributed by atoms with Gasteiger partial charge in [-0.05, 0) is 75.3 Å². The van der Waals surface area contributed by atoms with Gasteiger partial charge >= 0.3 is 5.97 Å². The third-order valence-corrected chi connectivity index (χ3v) is 7.65. The first-order chi connectivity index (χ1) is 17.7. The van der Waals surface area contributed by atoms with Gasteiger partial charge in [0.1, 0.15) is 5.56 Å². The van der Waals surface area contributed by atoms with E-state index in [-0.39, 0.29) is 29.2 Å². The second kappa shape index (κ2) is 9.88. The summed E-state index contributed by atoms with van der Waals surface area (Å²) >= 11 is 0. The van der Waals surface area contributed by atoms with Crippen molar-refractivity contribution in [3.63, 3.8) is 0 Å². The zero-order valence-corrected chi connectivity index (χ0v) is 21.9. The van der Waals surface area contributed by atoms with E-state index < -0.39 is 5.97 Å². The second-order valence-corrected chi connectivity index (χ2v) is 10.6. The molecule has 2 aromatic carbocycles. The number of aromatic carboxylic acids is 1. The zero-order chi connectivity index (χ0) is 26.3. The molecule has 2 heterocycles. The molecule has 5 rings (SSSR count). The van der Waals surface area contributed by atoms with Gasteiger partial charge in [0.05, 0.1) is 5.69 Å². The highest BCUT2D eigenvalue weighted by Crippen LogP contribution is 2.33. The first kappa shape index (κ1) is 24.8. The average molecular weight is 499 g/mol. The molecule has 1 fully saturated rings. The van der Waals surface area contributed by atoms with Crippen molar-refractivity contribution in [2.24, 2.45) is 18.9 Å². The summed E-state index contributed by atoms with van der Waals surface area (Å²) < 4.78 is 3.73. The van der Waals surface area contributed by atoms with Crippen LogP contribution >= 0.6 is 0 Å². The standard InChI is InChI=1S/C30H34N4O3/c1-19(2)34(29(35)22-11-9-20(3)10-12-22)28-25(30(36)37)18-33(31-28)24-15-13-21(14-16-24)27-17-23-7-5-6-8-26(23)32(27)4/h5-8,13-20,22H,9-12H2,1-4H3,(H,36,37)/t20-,22-. The van der Waals surface area contributed by atoms with E-state index >= 15 is 0 Å². The van der Waals surface area contributed by atoms with Gasteiger partial charge in [-0.1, -0.05) is 37.3 Å². The number of carbonyl (C=O) groups excluding carboxylic acids is 1. The minimum Gasteiger partial charge on any atom is -0.477 e. The van der Waals surface area contributed by atoms with Crippen molar-refractivity contribution >= 4 is 28.6 Å². The molecule has 37 heavy (non-hydrogen) atoms. The lowest BCUT2D eigenvalue weighted by molar-refractivity contribution is -0.124. The van der Waals surface area contributed by atoms with Crippen LogP contribution in [0.25, 0.3) is 27.8 Å². The van der Waals surface area contributed by atoms with Gasteiger partial charge < -0.3 is 9.67 Å². The Morgan fingerprint density at radius 3 is 2.32 bits per heavy atom. The van der Waals surface area contributed by atoms with Crippen LogP contribution in [0.2, 0.25) is 0 Å². The van der Waals surface area contributed by atoms with Crippen LogP contribution in [-0.2, 0) is 11.8 Å². The summed E-state index contributed by atoms with van der Waals surface area (Å²) in [5, 5.41) is 15.8. The molecule has 0 spiro atoms. The van der Waals surface area contributed by atoms with E-state index in [4.69, 9.17) is 0 Å². The van der Waals surface area contributed by atoms with Crippen LogP contribution in [0.3, 0.4) is 0 Å². The lowest BCUT2D eigenvalue weighted by atomic mass is 9.82. The Balaban J connectivity index is 1.48. The zero-order valence-electron chi connectivity index (χ0n) is 21.9. The third-order valence-electron chi connectivity index (χ3n) is 7.65. The quantitative estimate of drug-likeness (QED) is 0.338. The first-order valence-corrected chi connectivity index (χ1v) is 13.1. The van der Waals surface area contributed by atoms with E-state index in [0.717, 1.165) is 48.1 Å². The van der Waals surface area contributed by atoms with Crippen LogP contribution in [0.1, 0.15) is 56.8 Å². The maximum atomic E-state index is 13.6. The summed E-state index contributed by atoms with van der Waals surface area (Å²) in [7, 11) is 2.05. The molecule has 0 unspecified atom stereocenters. The van der Waals surface area contributed by atoms with Gasteiger partial charge in [0, 0.05) is 41.8 Å². The molecule has 0 radical (unpaired) electrons. The van der Waals surface area contributed by atoms with E-state index in [9.17, 15) is 14.7 Å². The van der Waals surface area contributed by atoms with Gasteiger partial charge in [0.25, 0.3) is 0 Å². The maximum Gasteiger partial charge on any atom is 0.341 e. The third kappa shape index (κ3) is 4.66. The summed E-state index contributed by atoms with van der Waals surface area (Å²) in [6, 6.07) is 18.1. The number of anilines is 1. The molecule has 0 bridgehead atoms. The number of nitrogens with zero attached hydrogens (tertiary/aromatic N) is 4. The number of fused-ring (bicyclic) bond motifs is 1. The SMILES string of the molecule is CC(C)N(c1nn(-c2ccc(-c3cc4ccccc4n3C)cc2)cc1C(=O)O)C(=O)[C@H]1CC[C@H](C)CC1. The number of aryl methyl sites for hydroxylation is 1. The Hall–Kier alpha value is -3.87. The van der Waals surface area contributed by atoms with Gasteiger partial charge in [-0.2, -0.15) is 0 Å². The molecule has 192 valence electrons. The number of para-hydroxylation sites is 1. The number of hydrogen-bond acceptors (Lipinski definition) is 3. The van der Waals surface area contributed by atoms with Crippen molar-refractivity contribution in [2.75, 3.05) is 4.90 Å². The van der Waals surface area contributed by atoms with Crippen molar-refractivity contribution < 1.29 is 14.7 Å². The monoisotopic (exact) mass is 498 g/mol. The van der Waals surface area contributed by atoms with E-state index in [1.54, 1.807) is 9.58 Å². The summed E-state index contributed by atoms with van der Waals surface area (Å²) in [5.74, 6) is -0.374. The maximum absolute atomic E-state index is 13.6. The Morgan fingerprint density at radius 2 is 1.70 bits per heavy atom. The topological polar surface area (TPSA) is 80.4 Å². The van der Waals surface area contributed by atoms with Crippen LogP contribution in [0.4, 0.5) is 5.82 Å². The molecule has 1 N–H and O–H groups in total. The molecule has 1 saturated carbocycles. The fourth-order valence-corrected chi connectivity index (χ4v) is 5.48. The second-order valence-electron chi connectivity index (χ2n) is 10.6. The van der Waals surface area contributed by atoms with Crippen molar-refractivity contribution in [1.29, 1.82) is 0 Å². The Bertz CT molecular complexity index is 1440. The molecule has 4 aromatic rings. The smallest absolute Gasteiger partial charge is 0.341 e. The highest BCUT2D eigenvalue weighted by molar-refractivity contribution is 6.01. The van der Waals surface area contributed by atoms with Gasteiger partial charge in [0.2, 0.25) is 5.91 Å². The Morgan fingerprint density at radius 1 is 1.03 bits per heavy atom. The summed E-state index contributed by atoms with van der Waals surface area (Å²) in [6.07, 6.45) is 5.22. The number of carboxylic acids is 1. The molecular formula is C30H34N4O3. The fraction of sp³-hybridized carbons (Fsp3) is 0.367. The van der Waals surface area contributed by atoms with Crippen LogP contribution < -0.4 is 4.90 Å². The Labute approximate surface area is 217 Å². The average Bonchev–Trinajstić information content (AvgIpc) is 3.47. The van der Waals surface area contributed by atoms with Gasteiger partial charge in [-0.15, -0.1) is 5.10 Å². The van der Waals surface area contributed by atoms with Crippen LogP contribution in [0, 0.1) is 11.8 Å². The van der Waals surface area contributed by atoms with E-state index in [0.29, 0.717) is 5.92 Å². The normalized spacial score (nSPS) is 17.9. The van der Waals surface area contributed by atoms with E-state index in [2.05, 4.69) is 41.8 Å². The van der Waals surface area contributed by atoms with Crippen molar-refractivity contribution in [2.45, 2.75) is 52.5 Å². The molecule has 7 heteroatoms. The van der Waals surface area contributed by atoms with Crippen molar-refractivity contribution in [3.8, 4) is 16.9 Å². The minimum atomic E-state index is -1.09. The van der Waals surface area contributed by atoms with Gasteiger partial charge in [0.15, 0.2) is 5.82 Å². The predicted octanol–water partition coefficient (Wildman–Crippen LogP) is 6.30. The highest BCUT2D eigenvalue weighted by atomic mass is 16.4. The van der Waals surface area contributed by atoms with Gasteiger partial charge in [-0.3, -0.25) is 9.69 Å². The molecule has 7 nitrogen and oxygen atoms in total. The van der Waals surface area contributed by atoms with Crippen LogP contribution in [0.15, 0.2) is 60.8 Å². The van der Waals surface area contributed by atoms with E-state index in [1.165, 1.54) is 11.6 Å². The molecule has 0 aliphatic heterocycles. The summed E-state index contributed by atoms with van der Waals surface area (Å²) in [5.41, 5.74) is 4.08. The molecule has 1 amide bonds. The Kier molecular flexibility index (Phi) is 6.63. The number of carboxylic acid groups (broad SMARTS) is 1. The molecule has 0 atom stereocenters. The minimum absolute atomic E-state index is 0.0271. The number of aromatic nitrogens is 3. The number of rotatable bonds is 6.